The molecule has 2 atom stereocenters. The molecular weight excluding hydrogens is 436 g/mol. The highest BCUT2D eigenvalue weighted by Gasteiger charge is 2.41. The first-order valence-corrected chi connectivity index (χ1v) is 11.7. The summed E-state index contributed by atoms with van der Waals surface area (Å²) in [5.41, 5.74) is 2.40. The Balaban J connectivity index is 2.17. The summed E-state index contributed by atoms with van der Waals surface area (Å²) in [6.07, 6.45) is 0.387. The third-order valence-electron chi connectivity index (χ3n) is 6.02. The smallest absolute Gasteiger partial charge is 0.414 e. The molecule has 0 saturated heterocycles. The molecule has 1 heterocycles. The van der Waals surface area contributed by atoms with Gasteiger partial charge in [-0.05, 0) is 38.3 Å². The predicted molar refractivity (Wildman–Crippen MR) is 129 cm³/mol. The maximum Gasteiger partial charge on any atom is 0.414 e. The Morgan fingerprint density at radius 1 is 0.971 bits per heavy atom. The summed E-state index contributed by atoms with van der Waals surface area (Å²) in [7, 11) is 3.12. The molecule has 1 aliphatic heterocycles. The lowest BCUT2D eigenvalue weighted by Crippen LogP contribution is -2.48. The lowest BCUT2D eigenvalue weighted by atomic mass is 9.88. The minimum absolute atomic E-state index is 0.178. The average Bonchev–Trinajstić information content (AvgIpc) is 2.86. The largest absolute Gasteiger partial charge is 0.493 e. The Kier molecular flexibility index (Phi) is 8.62. The van der Waals surface area contributed by atoms with E-state index in [0.717, 1.165) is 11.1 Å². The van der Waals surface area contributed by atoms with Crippen molar-refractivity contribution in [1.29, 1.82) is 0 Å². The van der Waals surface area contributed by atoms with Crippen LogP contribution in [0.4, 0.5) is 15.3 Å². The molecule has 0 aliphatic carbocycles. The van der Waals surface area contributed by atoms with Crippen LogP contribution >= 0.6 is 0 Å². The molecule has 2 aromatic rings. The van der Waals surface area contributed by atoms with Crippen LogP contribution < -0.4 is 14.4 Å². The van der Waals surface area contributed by atoms with Crippen LogP contribution in [0.25, 0.3) is 0 Å². The average molecular weight is 471 g/mol. The molecule has 0 saturated carbocycles. The zero-order valence-corrected chi connectivity index (χ0v) is 20.6. The van der Waals surface area contributed by atoms with Gasteiger partial charge in [0.15, 0.2) is 11.5 Å². The Hall–Kier alpha value is -3.42. The second-order valence-corrected chi connectivity index (χ2v) is 7.96. The maximum absolute atomic E-state index is 13.2. The van der Waals surface area contributed by atoms with Gasteiger partial charge in [-0.15, -0.1) is 0 Å². The second-order valence-electron chi connectivity index (χ2n) is 7.96. The van der Waals surface area contributed by atoms with Gasteiger partial charge in [0, 0.05) is 24.2 Å². The van der Waals surface area contributed by atoms with Crippen molar-refractivity contribution >= 4 is 17.9 Å². The van der Waals surface area contributed by atoms with Gasteiger partial charge in [0.05, 0.1) is 39.2 Å². The second kappa shape index (κ2) is 11.6. The number of methoxy groups -OCH3 is 2. The summed E-state index contributed by atoms with van der Waals surface area (Å²) < 4.78 is 21.9. The summed E-state index contributed by atoms with van der Waals surface area (Å²) in [4.78, 5) is 29.6. The van der Waals surface area contributed by atoms with Crippen molar-refractivity contribution in [1.82, 2.24) is 4.90 Å². The van der Waals surface area contributed by atoms with Crippen molar-refractivity contribution in [2.75, 3.05) is 32.3 Å². The van der Waals surface area contributed by atoms with E-state index < -0.39 is 12.2 Å². The molecule has 0 spiro atoms. The normalized spacial score (nSPS) is 16.9. The summed E-state index contributed by atoms with van der Waals surface area (Å²) in [5, 5.41) is 0. The number of hydrogen-bond donors (Lipinski definition) is 0. The summed E-state index contributed by atoms with van der Waals surface area (Å²) >= 11 is 0. The van der Waals surface area contributed by atoms with Crippen LogP contribution in [0.1, 0.15) is 50.8 Å². The van der Waals surface area contributed by atoms with Gasteiger partial charge in [-0.1, -0.05) is 37.3 Å². The van der Waals surface area contributed by atoms with E-state index in [1.807, 2.05) is 43.3 Å². The minimum Gasteiger partial charge on any atom is -0.493 e. The zero-order valence-electron chi connectivity index (χ0n) is 20.6. The molecular formula is C26H34N2O6. The van der Waals surface area contributed by atoms with E-state index in [-0.39, 0.29) is 25.3 Å². The lowest BCUT2D eigenvalue weighted by Gasteiger charge is -2.43. The summed E-state index contributed by atoms with van der Waals surface area (Å²) in [5.74, 6) is 1.02. The monoisotopic (exact) mass is 470 g/mol. The number of hydrogen-bond acceptors (Lipinski definition) is 6. The molecule has 0 unspecified atom stereocenters. The number of rotatable bonds is 8. The van der Waals surface area contributed by atoms with Crippen molar-refractivity contribution in [3.63, 3.8) is 0 Å². The van der Waals surface area contributed by atoms with E-state index in [2.05, 4.69) is 0 Å². The number of nitrogens with zero attached hydrogens (tertiary/aromatic N) is 2. The molecule has 8 nitrogen and oxygen atoms in total. The molecule has 8 heteroatoms. The fourth-order valence-electron chi connectivity index (χ4n) is 4.42. The SMILES string of the molecule is CCOC(=O)N(Cc1ccccc1)[C@@H]1C[C@H](CC)N(C(=O)OCC)c2cc(OC)c(OC)cc21. The van der Waals surface area contributed by atoms with Gasteiger partial charge in [0.1, 0.15) is 0 Å². The van der Waals surface area contributed by atoms with E-state index in [1.165, 1.54) is 0 Å². The van der Waals surface area contributed by atoms with Gasteiger partial charge in [0.25, 0.3) is 0 Å². The van der Waals surface area contributed by atoms with Crippen molar-refractivity contribution in [3.8, 4) is 11.5 Å². The van der Waals surface area contributed by atoms with Crippen LogP contribution in [0.5, 0.6) is 11.5 Å². The highest BCUT2D eigenvalue weighted by atomic mass is 16.6. The van der Waals surface area contributed by atoms with Crippen molar-refractivity contribution in [3.05, 3.63) is 53.6 Å². The molecule has 0 aromatic heterocycles. The van der Waals surface area contributed by atoms with E-state index in [9.17, 15) is 9.59 Å². The first-order chi connectivity index (χ1) is 16.5. The predicted octanol–water partition coefficient (Wildman–Crippen LogP) is 5.55. The maximum atomic E-state index is 13.2. The molecule has 0 N–H and O–H groups in total. The molecule has 1 aliphatic rings. The van der Waals surface area contributed by atoms with Crippen molar-refractivity contribution < 1.29 is 28.5 Å². The molecule has 3 rings (SSSR count). The molecule has 2 amide bonds. The topological polar surface area (TPSA) is 77.5 Å². The number of benzene rings is 2. The van der Waals surface area contributed by atoms with Crippen LogP contribution in [0.2, 0.25) is 0 Å². The number of anilines is 1. The van der Waals surface area contributed by atoms with Gasteiger partial charge in [0.2, 0.25) is 0 Å². The molecule has 2 aromatic carbocycles. The Bertz CT molecular complexity index is 981. The van der Waals surface area contributed by atoms with E-state index >= 15 is 0 Å². The first kappa shape index (κ1) is 25.2. The third-order valence-corrected chi connectivity index (χ3v) is 6.02. The van der Waals surface area contributed by atoms with Crippen molar-refractivity contribution in [2.45, 2.75) is 52.2 Å². The highest BCUT2D eigenvalue weighted by molar-refractivity contribution is 5.91. The Morgan fingerprint density at radius 3 is 2.21 bits per heavy atom. The minimum atomic E-state index is -0.424. The number of carbonyl (C=O) groups is 2. The molecule has 0 bridgehead atoms. The van der Waals surface area contributed by atoms with E-state index in [4.69, 9.17) is 18.9 Å². The number of fused-ring (bicyclic) bond motifs is 1. The van der Waals surface area contributed by atoms with Gasteiger partial charge < -0.3 is 18.9 Å². The van der Waals surface area contributed by atoms with Crippen LogP contribution in [0, 0.1) is 0 Å². The van der Waals surface area contributed by atoms with E-state index in [1.54, 1.807) is 43.9 Å². The fraction of sp³-hybridized carbons (Fsp3) is 0.462. The van der Waals surface area contributed by atoms with Crippen LogP contribution in [0.15, 0.2) is 42.5 Å². The molecule has 34 heavy (non-hydrogen) atoms. The van der Waals surface area contributed by atoms with Gasteiger partial charge in [-0.3, -0.25) is 9.80 Å². The van der Waals surface area contributed by atoms with Gasteiger partial charge >= 0.3 is 12.2 Å². The van der Waals surface area contributed by atoms with Gasteiger partial charge in [-0.2, -0.15) is 0 Å². The quantitative estimate of drug-likeness (QED) is 0.503. The molecule has 0 radical (unpaired) electrons. The van der Waals surface area contributed by atoms with Crippen molar-refractivity contribution in [2.24, 2.45) is 0 Å². The fourth-order valence-corrected chi connectivity index (χ4v) is 4.42. The molecule has 184 valence electrons. The number of ether oxygens (including phenoxy) is 4. The summed E-state index contributed by atoms with van der Waals surface area (Å²) in [6, 6.07) is 12.9. The molecule has 0 fully saturated rings. The van der Waals surface area contributed by atoms with Crippen LogP contribution in [0.3, 0.4) is 0 Å². The number of carbonyl (C=O) groups excluding carboxylic acids is 2. The van der Waals surface area contributed by atoms with Crippen LogP contribution in [-0.2, 0) is 16.0 Å². The standard InChI is InChI=1S/C26H34N2O6/c1-6-19-14-21(27(25(29)33-7-2)17-18-12-10-9-11-13-18)20-15-23(31-4)24(32-5)16-22(20)28(19)26(30)34-8-3/h9-13,15-16,19,21H,6-8,14,17H2,1-5H3/t19-,21+/m0/s1. The summed E-state index contributed by atoms with van der Waals surface area (Å²) in [6.45, 7) is 6.49. The Labute approximate surface area is 201 Å². The Morgan fingerprint density at radius 2 is 1.62 bits per heavy atom. The highest BCUT2D eigenvalue weighted by Crippen LogP contribution is 2.47. The third kappa shape index (κ3) is 5.21. The van der Waals surface area contributed by atoms with E-state index in [0.29, 0.717) is 36.6 Å². The van der Waals surface area contributed by atoms with Crippen LogP contribution in [-0.4, -0.2) is 50.6 Å². The first-order valence-electron chi connectivity index (χ1n) is 11.7. The zero-order chi connectivity index (χ0) is 24.7. The lowest BCUT2D eigenvalue weighted by molar-refractivity contribution is 0.0802. The number of amides is 2. The van der Waals surface area contributed by atoms with Gasteiger partial charge in [-0.25, -0.2) is 9.59 Å².